The molecule has 2 aromatic carbocycles. The highest BCUT2D eigenvalue weighted by atomic mass is 35.5. The average molecular weight is 410 g/mol. The van der Waals surface area contributed by atoms with Gasteiger partial charge in [0, 0.05) is 28.3 Å². The maximum absolute atomic E-state index is 12.3. The molecule has 148 valence electrons. The molecule has 0 fully saturated rings. The van der Waals surface area contributed by atoms with Gasteiger partial charge in [0.05, 0.1) is 17.8 Å². The molecule has 4 rings (SSSR count). The van der Waals surface area contributed by atoms with Crippen LogP contribution in [0, 0.1) is 6.92 Å². The van der Waals surface area contributed by atoms with Crippen LogP contribution in [0.3, 0.4) is 0 Å². The van der Waals surface area contributed by atoms with Gasteiger partial charge in [-0.05, 0) is 38.1 Å². The Balaban J connectivity index is 1.96. The van der Waals surface area contributed by atoms with Crippen LogP contribution in [0.4, 0.5) is 0 Å². The lowest BCUT2D eigenvalue weighted by atomic mass is 9.95. The summed E-state index contributed by atoms with van der Waals surface area (Å²) in [6.07, 6.45) is 1.75. The summed E-state index contributed by atoms with van der Waals surface area (Å²) in [4.78, 5) is 17.3. The molecule has 1 aliphatic heterocycles. The minimum absolute atomic E-state index is 0.114. The molecule has 0 saturated carbocycles. The van der Waals surface area contributed by atoms with Crippen LogP contribution in [-0.2, 0) is 4.79 Å². The molecular formula is C21H20ClN5O2. The van der Waals surface area contributed by atoms with E-state index in [0.717, 1.165) is 16.8 Å². The van der Waals surface area contributed by atoms with Gasteiger partial charge in [0.1, 0.15) is 18.1 Å². The Labute approximate surface area is 173 Å². The van der Waals surface area contributed by atoms with Crippen LogP contribution in [0.1, 0.15) is 41.9 Å². The Morgan fingerprint density at radius 1 is 1.24 bits per heavy atom. The molecule has 2 N–H and O–H groups in total. The van der Waals surface area contributed by atoms with Crippen LogP contribution in [0.5, 0.6) is 5.75 Å². The number of phenolic OH excluding ortho intramolecular Hbond substituents is 1. The average Bonchev–Trinajstić information content (AvgIpc) is 3.14. The molecule has 1 aromatic heterocycles. The highest BCUT2D eigenvalue weighted by molar-refractivity contribution is 6.30. The normalized spacial score (nSPS) is 15.1. The first-order valence-corrected chi connectivity index (χ1v) is 9.71. The fourth-order valence-corrected chi connectivity index (χ4v) is 3.66. The molecule has 0 radical (unpaired) electrons. The number of aromatic hydroxyl groups is 1. The number of nitrogens with zero attached hydrogens (tertiary/aromatic N) is 4. The van der Waals surface area contributed by atoms with Crippen molar-refractivity contribution in [2.75, 3.05) is 6.54 Å². The highest BCUT2D eigenvalue weighted by Crippen LogP contribution is 2.35. The molecule has 1 atom stereocenters. The summed E-state index contributed by atoms with van der Waals surface area (Å²) in [5.41, 5.74) is 3.77. The number of nitrogens with one attached hydrogen (secondary N) is 1. The van der Waals surface area contributed by atoms with Crippen LogP contribution in [0.25, 0.3) is 5.69 Å². The number of amides is 1. The number of halogens is 1. The predicted molar refractivity (Wildman–Crippen MR) is 111 cm³/mol. The quantitative estimate of drug-likeness (QED) is 0.691. The zero-order valence-electron chi connectivity index (χ0n) is 16.1. The van der Waals surface area contributed by atoms with Gasteiger partial charge < -0.3 is 10.4 Å². The maximum atomic E-state index is 12.3. The summed E-state index contributed by atoms with van der Waals surface area (Å²) in [5, 5.41) is 22.1. The molecule has 0 bridgehead atoms. The lowest BCUT2D eigenvalue weighted by Gasteiger charge is -2.15. The lowest BCUT2D eigenvalue weighted by molar-refractivity contribution is -0.121. The number of aromatic nitrogens is 3. The summed E-state index contributed by atoms with van der Waals surface area (Å²) < 4.78 is 1.83. The SMILES string of the molecule is CCNC(=O)C[C@@H]1N=C(c2ccc(Cl)cc2)c2c(ccc(O)c2C)-n2cnnc21. The van der Waals surface area contributed by atoms with Gasteiger partial charge in [0.2, 0.25) is 5.91 Å². The summed E-state index contributed by atoms with van der Waals surface area (Å²) in [5.74, 6) is 0.630. The fourth-order valence-electron chi connectivity index (χ4n) is 3.53. The number of benzene rings is 2. The largest absolute Gasteiger partial charge is 0.508 e. The Bertz CT molecular complexity index is 1100. The number of carbonyl (C=O) groups is 1. The zero-order valence-corrected chi connectivity index (χ0v) is 16.8. The fraction of sp³-hybridized carbons (Fsp3) is 0.238. The van der Waals surface area contributed by atoms with E-state index in [1.54, 1.807) is 24.5 Å². The standard InChI is InChI=1S/C21H20ClN5O2/c1-3-23-18(29)10-15-21-26-24-11-27(21)16-8-9-17(28)12(2)19(16)20(25-15)13-4-6-14(22)7-5-13/h4-9,11,15,28H,3,10H2,1-2H3,(H,23,29)/t15-/m0/s1. The van der Waals surface area contributed by atoms with E-state index >= 15 is 0 Å². The molecule has 0 aliphatic carbocycles. The van der Waals surface area contributed by atoms with Crippen molar-refractivity contribution in [3.63, 3.8) is 0 Å². The Hall–Kier alpha value is -3.19. The van der Waals surface area contributed by atoms with Crippen molar-refractivity contribution in [1.82, 2.24) is 20.1 Å². The van der Waals surface area contributed by atoms with E-state index < -0.39 is 6.04 Å². The third kappa shape index (κ3) is 3.49. The summed E-state index contributed by atoms with van der Waals surface area (Å²) in [7, 11) is 0. The minimum atomic E-state index is -0.524. The number of aliphatic imine (C=N–C) groups is 1. The van der Waals surface area contributed by atoms with Crippen molar-refractivity contribution in [3.8, 4) is 11.4 Å². The molecular weight excluding hydrogens is 390 g/mol. The minimum Gasteiger partial charge on any atom is -0.508 e. The Morgan fingerprint density at radius 2 is 2.00 bits per heavy atom. The van der Waals surface area contributed by atoms with Crippen LogP contribution < -0.4 is 5.32 Å². The Kier molecular flexibility index (Phi) is 5.07. The van der Waals surface area contributed by atoms with E-state index in [-0.39, 0.29) is 18.1 Å². The lowest BCUT2D eigenvalue weighted by Crippen LogP contribution is -2.25. The van der Waals surface area contributed by atoms with Crippen molar-refractivity contribution < 1.29 is 9.90 Å². The van der Waals surface area contributed by atoms with Gasteiger partial charge in [-0.1, -0.05) is 23.7 Å². The van der Waals surface area contributed by atoms with Crippen molar-refractivity contribution in [2.24, 2.45) is 4.99 Å². The van der Waals surface area contributed by atoms with E-state index in [1.807, 2.05) is 36.6 Å². The third-order valence-corrected chi connectivity index (χ3v) is 5.19. The van der Waals surface area contributed by atoms with Crippen LogP contribution in [0.15, 0.2) is 47.7 Å². The number of rotatable bonds is 4. The van der Waals surface area contributed by atoms with Crippen molar-refractivity contribution >= 4 is 23.2 Å². The number of hydrogen-bond acceptors (Lipinski definition) is 5. The Morgan fingerprint density at radius 3 is 2.72 bits per heavy atom. The molecule has 0 unspecified atom stereocenters. The zero-order chi connectivity index (χ0) is 20.5. The van der Waals surface area contributed by atoms with Crippen molar-refractivity contribution in [2.45, 2.75) is 26.3 Å². The van der Waals surface area contributed by atoms with Gasteiger partial charge in [-0.3, -0.25) is 14.4 Å². The predicted octanol–water partition coefficient (Wildman–Crippen LogP) is 3.35. The molecule has 1 amide bonds. The van der Waals surface area contributed by atoms with Crippen molar-refractivity contribution in [1.29, 1.82) is 0 Å². The molecule has 7 nitrogen and oxygen atoms in total. The molecule has 8 heteroatoms. The molecule has 1 aliphatic rings. The van der Waals surface area contributed by atoms with Gasteiger partial charge in [-0.15, -0.1) is 10.2 Å². The first-order valence-electron chi connectivity index (χ1n) is 9.33. The van der Waals surface area contributed by atoms with E-state index in [0.29, 0.717) is 28.7 Å². The van der Waals surface area contributed by atoms with E-state index in [9.17, 15) is 9.90 Å². The van der Waals surface area contributed by atoms with Gasteiger partial charge in [-0.2, -0.15) is 0 Å². The second kappa shape index (κ2) is 7.67. The first kappa shape index (κ1) is 19.1. The van der Waals surface area contributed by atoms with Gasteiger partial charge >= 0.3 is 0 Å². The van der Waals surface area contributed by atoms with Gasteiger partial charge in [-0.25, -0.2) is 0 Å². The second-order valence-electron chi connectivity index (χ2n) is 6.82. The molecule has 29 heavy (non-hydrogen) atoms. The van der Waals surface area contributed by atoms with E-state index in [4.69, 9.17) is 16.6 Å². The molecule has 2 heterocycles. The number of phenols is 1. The number of carbonyl (C=O) groups excluding carboxylic acids is 1. The van der Waals surface area contributed by atoms with Crippen LogP contribution in [-0.4, -0.2) is 38.0 Å². The number of fused-ring (bicyclic) bond motifs is 3. The van der Waals surface area contributed by atoms with Gasteiger partial charge in [0.15, 0.2) is 5.82 Å². The third-order valence-electron chi connectivity index (χ3n) is 4.94. The summed E-state index contributed by atoms with van der Waals surface area (Å²) in [6, 6.07) is 10.3. The molecule has 0 saturated heterocycles. The first-order chi connectivity index (χ1) is 14.0. The maximum Gasteiger partial charge on any atom is 0.222 e. The monoisotopic (exact) mass is 409 g/mol. The smallest absolute Gasteiger partial charge is 0.222 e. The topological polar surface area (TPSA) is 92.4 Å². The number of hydrogen-bond donors (Lipinski definition) is 2. The summed E-state index contributed by atoms with van der Waals surface area (Å²) in [6.45, 7) is 4.25. The van der Waals surface area contributed by atoms with E-state index in [2.05, 4.69) is 15.5 Å². The van der Waals surface area contributed by atoms with Gasteiger partial charge in [0.25, 0.3) is 0 Å². The summed E-state index contributed by atoms with van der Waals surface area (Å²) >= 11 is 6.07. The van der Waals surface area contributed by atoms with Crippen LogP contribution in [0.2, 0.25) is 5.02 Å². The second-order valence-corrected chi connectivity index (χ2v) is 7.26. The van der Waals surface area contributed by atoms with E-state index in [1.165, 1.54) is 0 Å². The molecule has 3 aromatic rings. The molecule has 0 spiro atoms. The van der Waals surface area contributed by atoms with Crippen LogP contribution >= 0.6 is 11.6 Å². The highest BCUT2D eigenvalue weighted by Gasteiger charge is 2.29. The van der Waals surface area contributed by atoms with Crippen molar-refractivity contribution in [3.05, 3.63) is 70.3 Å².